The molecule has 1 aliphatic rings. The molecule has 8 nitrogen and oxygen atoms in total. The van der Waals surface area contributed by atoms with E-state index in [1.807, 2.05) is 4.57 Å². The molecule has 2 N–H and O–H groups in total. The van der Waals surface area contributed by atoms with Crippen molar-refractivity contribution >= 4 is 17.7 Å². The van der Waals surface area contributed by atoms with Gasteiger partial charge in [0.1, 0.15) is 11.6 Å². The van der Waals surface area contributed by atoms with Gasteiger partial charge in [-0.25, -0.2) is 9.37 Å². The van der Waals surface area contributed by atoms with Crippen LogP contribution >= 0.6 is 11.8 Å². The molecule has 2 aromatic heterocycles. The standard InChI is InChI=1S/C20H22FN5O3S/c21-14-5-3-13(4-6-14)16-10-23-19(29-16)12-30-20-25-24-18(8-7-17(22)27)26(20)11-15-2-1-9-28-15/h3-6,10,15H,1-2,7-9,11-12H2,(H2,22,27). The zero-order valence-corrected chi connectivity index (χ0v) is 17.1. The molecular weight excluding hydrogens is 409 g/mol. The van der Waals surface area contributed by atoms with Gasteiger partial charge in [-0.2, -0.15) is 0 Å². The second kappa shape index (κ2) is 9.40. The van der Waals surface area contributed by atoms with Crippen molar-refractivity contribution in [3.8, 4) is 11.3 Å². The summed E-state index contributed by atoms with van der Waals surface area (Å²) in [5.41, 5.74) is 6.05. The average molecular weight is 431 g/mol. The molecule has 0 aliphatic carbocycles. The Kier molecular flexibility index (Phi) is 6.44. The van der Waals surface area contributed by atoms with Gasteiger partial charge in [0.25, 0.3) is 0 Å². The van der Waals surface area contributed by atoms with Crippen LogP contribution in [0.4, 0.5) is 4.39 Å². The number of hydrogen-bond acceptors (Lipinski definition) is 7. The molecule has 3 heterocycles. The number of nitrogens with zero attached hydrogens (tertiary/aromatic N) is 4. The van der Waals surface area contributed by atoms with Gasteiger partial charge >= 0.3 is 0 Å². The molecule has 1 saturated heterocycles. The van der Waals surface area contributed by atoms with Crippen molar-refractivity contribution < 1.29 is 18.3 Å². The van der Waals surface area contributed by atoms with E-state index in [0.29, 0.717) is 41.4 Å². The van der Waals surface area contributed by atoms with Crippen LogP contribution in [0.1, 0.15) is 31.0 Å². The molecule has 158 valence electrons. The first-order chi connectivity index (χ1) is 14.6. The molecule has 1 unspecified atom stereocenters. The van der Waals surface area contributed by atoms with Crippen LogP contribution in [-0.4, -0.2) is 38.4 Å². The maximum atomic E-state index is 13.1. The molecule has 0 saturated carbocycles. The van der Waals surface area contributed by atoms with Gasteiger partial charge in [-0.3, -0.25) is 4.79 Å². The quantitative estimate of drug-likeness (QED) is 0.519. The second-order valence-electron chi connectivity index (χ2n) is 7.02. The molecule has 3 aromatic rings. The molecule has 0 spiro atoms. The maximum Gasteiger partial charge on any atom is 0.217 e. The number of ether oxygens (including phenoxy) is 1. The Bertz CT molecular complexity index is 998. The lowest BCUT2D eigenvalue weighted by Crippen LogP contribution is -2.19. The Morgan fingerprint density at radius 3 is 2.87 bits per heavy atom. The van der Waals surface area contributed by atoms with Gasteiger partial charge in [-0.15, -0.1) is 10.2 Å². The van der Waals surface area contributed by atoms with Gasteiger partial charge < -0.3 is 19.5 Å². The Morgan fingerprint density at radius 2 is 2.13 bits per heavy atom. The number of thioether (sulfide) groups is 1. The summed E-state index contributed by atoms with van der Waals surface area (Å²) >= 11 is 1.45. The summed E-state index contributed by atoms with van der Waals surface area (Å²) in [5.74, 6) is 1.61. The van der Waals surface area contributed by atoms with Crippen LogP contribution in [0, 0.1) is 5.82 Å². The van der Waals surface area contributed by atoms with Crippen LogP contribution < -0.4 is 5.73 Å². The van der Waals surface area contributed by atoms with Crippen LogP contribution in [-0.2, 0) is 28.2 Å². The largest absolute Gasteiger partial charge is 0.440 e. The molecule has 1 fully saturated rings. The van der Waals surface area contributed by atoms with Crippen molar-refractivity contribution in [1.82, 2.24) is 19.7 Å². The second-order valence-corrected chi connectivity index (χ2v) is 7.97. The lowest BCUT2D eigenvalue weighted by molar-refractivity contribution is -0.118. The van der Waals surface area contributed by atoms with E-state index < -0.39 is 0 Å². The van der Waals surface area contributed by atoms with Gasteiger partial charge in [0.05, 0.1) is 24.6 Å². The Labute approximate surface area is 177 Å². The highest BCUT2D eigenvalue weighted by atomic mass is 32.2. The number of carbonyl (C=O) groups is 1. The van der Waals surface area contributed by atoms with Crippen molar-refractivity contribution in [1.29, 1.82) is 0 Å². The number of carbonyl (C=O) groups excluding carboxylic acids is 1. The van der Waals surface area contributed by atoms with E-state index >= 15 is 0 Å². The summed E-state index contributed by atoms with van der Waals surface area (Å²) in [4.78, 5) is 15.5. The molecular formula is C20H22FN5O3S. The number of benzene rings is 1. The zero-order valence-electron chi connectivity index (χ0n) is 16.3. The van der Waals surface area contributed by atoms with E-state index in [1.165, 1.54) is 23.9 Å². The van der Waals surface area contributed by atoms with Crippen LogP contribution in [0.2, 0.25) is 0 Å². The number of amides is 1. The number of aryl methyl sites for hydroxylation is 1. The maximum absolute atomic E-state index is 13.1. The fourth-order valence-corrected chi connectivity index (χ4v) is 4.09. The lowest BCUT2D eigenvalue weighted by Gasteiger charge is -2.14. The minimum atomic E-state index is -0.371. The smallest absolute Gasteiger partial charge is 0.217 e. The number of hydrogen-bond donors (Lipinski definition) is 1. The third-order valence-corrected chi connectivity index (χ3v) is 5.76. The van der Waals surface area contributed by atoms with Crippen LogP contribution in [0.5, 0.6) is 0 Å². The molecule has 1 amide bonds. The van der Waals surface area contributed by atoms with Crippen LogP contribution in [0.25, 0.3) is 11.3 Å². The first-order valence-electron chi connectivity index (χ1n) is 9.74. The monoisotopic (exact) mass is 431 g/mol. The van der Waals surface area contributed by atoms with Gasteiger partial charge in [0.2, 0.25) is 11.8 Å². The summed E-state index contributed by atoms with van der Waals surface area (Å²) < 4.78 is 26.6. The topological polar surface area (TPSA) is 109 Å². The van der Waals surface area contributed by atoms with Gasteiger partial charge in [-0.05, 0) is 37.1 Å². The predicted octanol–water partition coefficient (Wildman–Crippen LogP) is 2.96. The van der Waals surface area contributed by atoms with E-state index in [2.05, 4.69) is 15.2 Å². The molecule has 1 aliphatic heterocycles. The summed E-state index contributed by atoms with van der Waals surface area (Å²) in [7, 11) is 0. The number of oxazole rings is 1. The van der Waals surface area contributed by atoms with Gasteiger partial charge in [0, 0.05) is 25.0 Å². The first-order valence-corrected chi connectivity index (χ1v) is 10.7. The SMILES string of the molecule is NC(=O)CCc1nnc(SCc2ncc(-c3ccc(F)cc3)o2)n1CC1CCCO1. The van der Waals surface area contributed by atoms with Crippen molar-refractivity contribution in [2.45, 2.75) is 49.2 Å². The molecule has 30 heavy (non-hydrogen) atoms. The first kappa shape index (κ1) is 20.5. The number of rotatable bonds is 9. The molecule has 10 heteroatoms. The minimum absolute atomic E-state index is 0.111. The van der Waals surface area contributed by atoms with Crippen molar-refractivity contribution in [2.24, 2.45) is 5.73 Å². The lowest BCUT2D eigenvalue weighted by atomic mass is 10.2. The van der Waals surface area contributed by atoms with E-state index in [-0.39, 0.29) is 24.2 Å². The Balaban J connectivity index is 1.45. The molecule has 0 radical (unpaired) electrons. The van der Waals surface area contributed by atoms with Gasteiger partial charge in [-0.1, -0.05) is 11.8 Å². The van der Waals surface area contributed by atoms with Crippen molar-refractivity contribution in [2.75, 3.05) is 6.61 Å². The Morgan fingerprint density at radius 1 is 1.30 bits per heavy atom. The summed E-state index contributed by atoms with van der Waals surface area (Å²) in [6.45, 7) is 1.39. The predicted molar refractivity (Wildman–Crippen MR) is 108 cm³/mol. The number of halogens is 1. The molecule has 1 atom stereocenters. The van der Waals surface area contributed by atoms with Crippen LogP contribution in [0.15, 0.2) is 40.0 Å². The van der Waals surface area contributed by atoms with Crippen molar-refractivity contribution in [3.63, 3.8) is 0 Å². The highest BCUT2D eigenvalue weighted by Crippen LogP contribution is 2.27. The molecule has 1 aromatic carbocycles. The minimum Gasteiger partial charge on any atom is -0.440 e. The van der Waals surface area contributed by atoms with E-state index in [0.717, 1.165) is 25.0 Å². The summed E-state index contributed by atoms with van der Waals surface area (Å²) in [6, 6.07) is 6.06. The summed E-state index contributed by atoms with van der Waals surface area (Å²) in [5, 5.41) is 9.24. The zero-order chi connectivity index (χ0) is 20.9. The molecule has 0 bridgehead atoms. The number of nitrogens with two attached hydrogens (primary N) is 1. The van der Waals surface area contributed by atoms with Gasteiger partial charge in [0.15, 0.2) is 10.9 Å². The van der Waals surface area contributed by atoms with E-state index in [9.17, 15) is 9.18 Å². The van der Waals surface area contributed by atoms with E-state index in [4.69, 9.17) is 14.9 Å². The highest BCUT2D eigenvalue weighted by Gasteiger charge is 2.21. The molecule has 4 rings (SSSR count). The number of aromatic nitrogens is 4. The third-order valence-electron chi connectivity index (χ3n) is 4.81. The normalized spacial score (nSPS) is 16.2. The van der Waals surface area contributed by atoms with Crippen molar-refractivity contribution in [3.05, 3.63) is 48.0 Å². The fraction of sp³-hybridized carbons (Fsp3) is 0.400. The third kappa shape index (κ3) is 5.06. The summed E-state index contributed by atoms with van der Waals surface area (Å²) in [6.07, 6.45) is 4.41. The average Bonchev–Trinajstić information content (AvgIpc) is 3.48. The Hall–Kier alpha value is -2.72. The fourth-order valence-electron chi connectivity index (χ4n) is 3.27. The van der Waals surface area contributed by atoms with E-state index in [1.54, 1.807) is 18.3 Å². The highest BCUT2D eigenvalue weighted by molar-refractivity contribution is 7.98. The number of primary amides is 1. The van der Waals surface area contributed by atoms with Crippen LogP contribution in [0.3, 0.4) is 0 Å².